The van der Waals surface area contributed by atoms with Crippen molar-refractivity contribution in [3.63, 3.8) is 0 Å². The van der Waals surface area contributed by atoms with Crippen molar-refractivity contribution >= 4 is 56.8 Å². The van der Waals surface area contributed by atoms with Crippen molar-refractivity contribution in [2.45, 2.75) is 13.8 Å². The van der Waals surface area contributed by atoms with Crippen LogP contribution in [0.1, 0.15) is 11.1 Å². The molecule has 0 atom stereocenters. The SMILES string of the molecule is Cc1ccc(Nc2nncn2-c2ccc(I)c(I)c2)cc1C. The number of halogens is 2. The van der Waals surface area contributed by atoms with Gasteiger partial charge < -0.3 is 5.32 Å². The molecule has 0 saturated heterocycles. The van der Waals surface area contributed by atoms with E-state index < -0.39 is 0 Å². The first kappa shape index (κ1) is 15.7. The number of aryl methyl sites for hydroxylation is 2. The molecular weight excluding hydrogens is 502 g/mol. The van der Waals surface area contributed by atoms with Crippen molar-refractivity contribution in [3.05, 3.63) is 61.0 Å². The fourth-order valence-corrected chi connectivity index (χ4v) is 2.93. The predicted octanol–water partition coefficient (Wildman–Crippen LogP) is 4.84. The quantitative estimate of drug-likeness (QED) is 0.508. The standard InChI is InChI=1S/C16H14I2N4/c1-10-3-4-12(7-11(10)2)20-16-21-19-9-22(16)13-5-6-14(17)15(18)8-13/h3-9H,1-2H3,(H,20,21). The van der Waals surface area contributed by atoms with Crippen LogP contribution in [0.4, 0.5) is 11.6 Å². The number of nitrogens with zero attached hydrogens (tertiary/aromatic N) is 3. The summed E-state index contributed by atoms with van der Waals surface area (Å²) in [5, 5.41) is 11.6. The Morgan fingerprint density at radius 3 is 2.50 bits per heavy atom. The zero-order chi connectivity index (χ0) is 15.7. The lowest BCUT2D eigenvalue weighted by molar-refractivity contribution is 1.06. The lowest BCUT2D eigenvalue weighted by Gasteiger charge is -2.11. The molecule has 0 amide bonds. The molecule has 0 unspecified atom stereocenters. The van der Waals surface area contributed by atoms with Gasteiger partial charge in [0.15, 0.2) is 0 Å². The molecule has 2 aromatic carbocycles. The molecule has 0 aliphatic heterocycles. The Kier molecular flexibility index (Phi) is 4.67. The number of hydrogen-bond acceptors (Lipinski definition) is 3. The summed E-state index contributed by atoms with van der Waals surface area (Å²) in [6, 6.07) is 12.6. The Bertz CT molecular complexity index is 827. The topological polar surface area (TPSA) is 42.7 Å². The van der Waals surface area contributed by atoms with E-state index in [4.69, 9.17) is 0 Å². The summed E-state index contributed by atoms with van der Waals surface area (Å²) in [6.07, 6.45) is 1.72. The Hall–Kier alpha value is -1.16. The molecule has 112 valence electrons. The molecule has 0 spiro atoms. The second-order valence-electron chi connectivity index (χ2n) is 5.05. The van der Waals surface area contributed by atoms with Crippen molar-refractivity contribution < 1.29 is 0 Å². The van der Waals surface area contributed by atoms with E-state index in [0.717, 1.165) is 11.4 Å². The van der Waals surface area contributed by atoms with E-state index >= 15 is 0 Å². The van der Waals surface area contributed by atoms with Gasteiger partial charge in [-0.3, -0.25) is 4.57 Å². The van der Waals surface area contributed by atoms with E-state index in [1.807, 2.05) is 4.57 Å². The summed E-state index contributed by atoms with van der Waals surface area (Å²) >= 11 is 4.67. The van der Waals surface area contributed by atoms with E-state index in [1.54, 1.807) is 6.33 Å². The van der Waals surface area contributed by atoms with Crippen LogP contribution in [0.25, 0.3) is 5.69 Å². The number of hydrogen-bond donors (Lipinski definition) is 1. The number of benzene rings is 2. The van der Waals surface area contributed by atoms with Gasteiger partial charge in [-0.1, -0.05) is 6.07 Å². The van der Waals surface area contributed by atoms with Crippen LogP contribution in [0.3, 0.4) is 0 Å². The van der Waals surface area contributed by atoms with E-state index in [-0.39, 0.29) is 0 Å². The first-order chi connectivity index (χ1) is 10.5. The molecule has 22 heavy (non-hydrogen) atoms. The molecule has 3 aromatic rings. The number of anilines is 2. The van der Waals surface area contributed by atoms with Crippen LogP contribution in [0.2, 0.25) is 0 Å². The van der Waals surface area contributed by atoms with E-state index in [1.165, 1.54) is 18.3 Å². The summed E-state index contributed by atoms with van der Waals surface area (Å²) in [6.45, 7) is 4.21. The molecular formula is C16H14I2N4. The Morgan fingerprint density at radius 2 is 1.77 bits per heavy atom. The van der Waals surface area contributed by atoms with Crippen molar-refractivity contribution in [1.29, 1.82) is 0 Å². The summed E-state index contributed by atoms with van der Waals surface area (Å²) < 4.78 is 4.40. The van der Waals surface area contributed by atoms with Gasteiger partial charge >= 0.3 is 0 Å². The summed E-state index contributed by atoms with van der Waals surface area (Å²) in [5.41, 5.74) is 4.58. The van der Waals surface area contributed by atoms with E-state index in [2.05, 4.69) is 111 Å². The largest absolute Gasteiger partial charge is 0.324 e. The van der Waals surface area contributed by atoms with Crippen LogP contribution in [0, 0.1) is 21.0 Å². The summed E-state index contributed by atoms with van der Waals surface area (Å²) in [4.78, 5) is 0. The number of nitrogens with one attached hydrogen (secondary N) is 1. The van der Waals surface area contributed by atoms with Gasteiger partial charge in [0.1, 0.15) is 6.33 Å². The normalized spacial score (nSPS) is 10.7. The van der Waals surface area contributed by atoms with Crippen LogP contribution in [0.5, 0.6) is 0 Å². The predicted molar refractivity (Wildman–Crippen MR) is 106 cm³/mol. The molecule has 4 nitrogen and oxygen atoms in total. The fraction of sp³-hybridized carbons (Fsp3) is 0.125. The lowest BCUT2D eigenvalue weighted by atomic mass is 10.1. The molecule has 0 fully saturated rings. The highest BCUT2D eigenvalue weighted by Crippen LogP contribution is 2.23. The number of aromatic nitrogens is 3. The van der Waals surface area contributed by atoms with Crippen LogP contribution in [0.15, 0.2) is 42.7 Å². The zero-order valence-electron chi connectivity index (χ0n) is 12.1. The first-order valence-corrected chi connectivity index (χ1v) is 8.90. The van der Waals surface area contributed by atoms with Crippen LogP contribution in [-0.2, 0) is 0 Å². The molecule has 0 aliphatic rings. The molecule has 0 saturated carbocycles. The van der Waals surface area contributed by atoms with E-state index in [0.29, 0.717) is 5.95 Å². The summed E-state index contributed by atoms with van der Waals surface area (Å²) in [5.74, 6) is 0.709. The third-order valence-electron chi connectivity index (χ3n) is 3.49. The molecule has 1 aromatic heterocycles. The van der Waals surface area contributed by atoms with Gasteiger partial charge in [0.25, 0.3) is 0 Å². The van der Waals surface area contributed by atoms with E-state index in [9.17, 15) is 0 Å². The van der Waals surface area contributed by atoms with Crippen LogP contribution in [-0.4, -0.2) is 14.8 Å². The van der Waals surface area contributed by atoms with Crippen molar-refractivity contribution in [3.8, 4) is 5.69 Å². The minimum atomic E-state index is 0.709. The van der Waals surface area contributed by atoms with Crippen molar-refractivity contribution in [2.75, 3.05) is 5.32 Å². The maximum Gasteiger partial charge on any atom is 0.233 e. The average molecular weight is 516 g/mol. The molecule has 0 radical (unpaired) electrons. The monoisotopic (exact) mass is 516 g/mol. The highest BCUT2D eigenvalue weighted by atomic mass is 127. The Balaban J connectivity index is 1.94. The fourth-order valence-electron chi connectivity index (χ4n) is 2.09. The van der Waals surface area contributed by atoms with Crippen LogP contribution >= 0.6 is 45.2 Å². The first-order valence-electron chi connectivity index (χ1n) is 6.74. The summed E-state index contributed by atoms with van der Waals surface area (Å²) in [7, 11) is 0. The minimum Gasteiger partial charge on any atom is -0.324 e. The number of rotatable bonds is 3. The van der Waals surface area contributed by atoms with Gasteiger partial charge in [0, 0.05) is 12.8 Å². The van der Waals surface area contributed by atoms with Gasteiger partial charge in [0.2, 0.25) is 5.95 Å². The Labute approximate surface area is 156 Å². The van der Waals surface area contributed by atoms with Gasteiger partial charge in [-0.05, 0) is 100 Å². The van der Waals surface area contributed by atoms with Crippen LogP contribution < -0.4 is 5.32 Å². The molecule has 0 aliphatic carbocycles. The third-order valence-corrected chi connectivity index (χ3v) is 6.36. The highest BCUT2D eigenvalue weighted by molar-refractivity contribution is 14.1. The van der Waals surface area contributed by atoms with Crippen molar-refractivity contribution in [2.24, 2.45) is 0 Å². The highest BCUT2D eigenvalue weighted by Gasteiger charge is 2.08. The molecule has 1 N–H and O–H groups in total. The lowest BCUT2D eigenvalue weighted by Crippen LogP contribution is -2.02. The third kappa shape index (κ3) is 3.27. The molecule has 6 heteroatoms. The smallest absolute Gasteiger partial charge is 0.233 e. The van der Waals surface area contributed by atoms with Gasteiger partial charge in [0.05, 0.1) is 5.69 Å². The zero-order valence-corrected chi connectivity index (χ0v) is 16.5. The second-order valence-corrected chi connectivity index (χ2v) is 7.37. The minimum absolute atomic E-state index is 0.709. The van der Waals surface area contributed by atoms with Crippen molar-refractivity contribution in [1.82, 2.24) is 14.8 Å². The maximum atomic E-state index is 4.19. The van der Waals surface area contributed by atoms with Gasteiger partial charge in [-0.15, -0.1) is 10.2 Å². The molecule has 3 rings (SSSR count). The Morgan fingerprint density at radius 1 is 0.955 bits per heavy atom. The maximum absolute atomic E-state index is 4.19. The average Bonchev–Trinajstić information content (AvgIpc) is 2.94. The van der Waals surface area contributed by atoms with Gasteiger partial charge in [-0.25, -0.2) is 0 Å². The second kappa shape index (κ2) is 6.53. The molecule has 0 bridgehead atoms. The van der Waals surface area contributed by atoms with Gasteiger partial charge in [-0.2, -0.15) is 0 Å². The molecule has 1 heterocycles.